The van der Waals surface area contributed by atoms with Gasteiger partial charge in [-0.2, -0.15) is 13.2 Å². The van der Waals surface area contributed by atoms with Gasteiger partial charge in [0.15, 0.2) is 0 Å². The summed E-state index contributed by atoms with van der Waals surface area (Å²) < 4.78 is 115. The number of nitrogens with one attached hydrogen (secondary N) is 3. The quantitative estimate of drug-likeness (QED) is 0.201. The zero-order valence-corrected chi connectivity index (χ0v) is 25.5. The number of anilines is 1. The molecule has 1 heterocycles. The molecule has 2 atom stereocenters. The molecule has 0 aliphatic carbocycles. The third kappa shape index (κ3) is 13.0. The van der Waals surface area contributed by atoms with Crippen LogP contribution in [0.25, 0.3) is 0 Å². The Morgan fingerprint density at radius 3 is 2.31 bits per heavy atom. The number of benzene rings is 3. The highest BCUT2D eigenvalue weighted by Gasteiger charge is 2.34. The average molecular weight is 692 g/mol. The molecule has 2 amide bonds. The van der Waals surface area contributed by atoms with Crippen molar-refractivity contribution in [1.29, 1.82) is 0 Å². The lowest BCUT2D eigenvalue weighted by atomic mass is 9.87. The Hall–Kier alpha value is -4.44. The van der Waals surface area contributed by atoms with Crippen molar-refractivity contribution in [2.45, 2.75) is 43.8 Å². The largest absolute Gasteiger partial charge is 0.573 e. The van der Waals surface area contributed by atoms with E-state index < -0.39 is 54.4 Å². The molecular weight excluding hydrogens is 658 g/mol. The molecule has 3 aromatic carbocycles. The number of alkyl halides is 6. The van der Waals surface area contributed by atoms with E-state index in [-0.39, 0.29) is 23.8 Å². The Balaban J connectivity index is 0.000000542. The van der Waals surface area contributed by atoms with Crippen LogP contribution in [0.15, 0.2) is 66.7 Å². The van der Waals surface area contributed by atoms with E-state index in [2.05, 4.69) is 20.1 Å². The first kappa shape index (κ1) is 38.0. The molecule has 0 saturated carbocycles. The zero-order valence-electron chi connectivity index (χ0n) is 25.5. The van der Waals surface area contributed by atoms with Crippen LogP contribution in [0, 0.1) is 11.6 Å². The van der Waals surface area contributed by atoms with E-state index in [1.165, 1.54) is 59.9 Å². The number of ether oxygens (including phenoxy) is 3. The van der Waals surface area contributed by atoms with Gasteiger partial charge in [-0.25, -0.2) is 13.6 Å². The van der Waals surface area contributed by atoms with Gasteiger partial charge in [0, 0.05) is 42.2 Å². The SMILES string of the molecule is COC(=O)NCC(F)(F)F.O=C(C[C@@H](c1ccc(F)cc1)c1ccccc1OC(F)(F)F)Nc1cccc(F)c1CC[C@@H]1CNCCO1. The fourth-order valence-corrected chi connectivity index (χ4v) is 4.76. The highest BCUT2D eigenvalue weighted by atomic mass is 19.4. The maximum atomic E-state index is 14.7. The van der Waals surface area contributed by atoms with Crippen molar-refractivity contribution in [3.8, 4) is 5.75 Å². The van der Waals surface area contributed by atoms with Gasteiger partial charge < -0.3 is 30.2 Å². The molecule has 1 saturated heterocycles. The maximum absolute atomic E-state index is 14.7. The molecule has 4 rings (SSSR count). The van der Waals surface area contributed by atoms with Crippen molar-refractivity contribution in [3.63, 3.8) is 0 Å². The van der Waals surface area contributed by atoms with Crippen LogP contribution in [0.4, 0.5) is 45.6 Å². The minimum atomic E-state index is -4.94. The number of methoxy groups -OCH3 is 1. The van der Waals surface area contributed by atoms with Gasteiger partial charge in [0.05, 0.1) is 19.8 Å². The maximum Gasteiger partial charge on any atom is 0.573 e. The van der Waals surface area contributed by atoms with Gasteiger partial charge in [0.1, 0.15) is 23.9 Å². The lowest BCUT2D eigenvalue weighted by Crippen LogP contribution is -2.38. The van der Waals surface area contributed by atoms with Gasteiger partial charge in [-0.15, -0.1) is 13.2 Å². The number of rotatable bonds is 10. The van der Waals surface area contributed by atoms with Crippen molar-refractivity contribution in [2.24, 2.45) is 0 Å². The number of alkyl carbamates (subject to hydrolysis) is 1. The first-order chi connectivity index (χ1) is 22.6. The highest BCUT2D eigenvalue weighted by molar-refractivity contribution is 5.92. The molecule has 3 N–H and O–H groups in total. The van der Waals surface area contributed by atoms with Crippen LogP contribution >= 0.6 is 0 Å². The molecule has 0 bridgehead atoms. The Kier molecular flexibility index (Phi) is 14.0. The van der Waals surface area contributed by atoms with Crippen molar-refractivity contribution in [3.05, 3.63) is 95.1 Å². The number of amides is 2. The number of hydrogen-bond acceptors (Lipinski definition) is 6. The van der Waals surface area contributed by atoms with Crippen LogP contribution in [-0.4, -0.2) is 64.0 Å². The lowest BCUT2D eigenvalue weighted by molar-refractivity contribution is -0.274. The molecule has 1 aliphatic rings. The molecule has 0 radical (unpaired) electrons. The molecule has 1 fully saturated rings. The third-order valence-corrected chi connectivity index (χ3v) is 6.91. The second-order valence-electron chi connectivity index (χ2n) is 10.4. The second kappa shape index (κ2) is 17.6. The molecule has 0 aromatic heterocycles. The number of halogens is 8. The van der Waals surface area contributed by atoms with E-state index in [1.54, 1.807) is 6.07 Å². The summed E-state index contributed by atoms with van der Waals surface area (Å²) in [5.41, 5.74) is 1.11. The summed E-state index contributed by atoms with van der Waals surface area (Å²) in [6.45, 7) is 0.605. The number of hydrogen-bond donors (Lipinski definition) is 3. The van der Waals surface area contributed by atoms with Gasteiger partial charge >= 0.3 is 18.6 Å². The summed E-state index contributed by atoms with van der Waals surface area (Å²) in [5, 5.41) is 7.42. The molecule has 8 nitrogen and oxygen atoms in total. The normalized spacial score (nSPS) is 15.4. The van der Waals surface area contributed by atoms with Gasteiger partial charge in [-0.05, 0) is 48.7 Å². The molecule has 1 aliphatic heterocycles. The van der Waals surface area contributed by atoms with Crippen molar-refractivity contribution in [2.75, 3.05) is 38.7 Å². The summed E-state index contributed by atoms with van der Waals surface area (Å²) in [6.07, 6.45) is -9.93. The first-order valence-electron chi connectivity index (χ1n) is 14.5. The van der Waals surface area contributed by atoms with Crippen LogP contribution in [-0.2, 0) is 20.7 Å². The molecule has 16 heteroatoms. The first-order valence-corrected chi connectivity index (χ1v) is 14.5. The predicted octanol–water partition coefficient (Wildman–Crippen LogP) is 6.85. The highest BCUT2D eigenvalue weighted by Crippen LogP contribution is 2.37. The predicted molar refractivity (Wildman–Crippen MR) is 158 cm³/mol. The third-order valence-electron chi connectivity index (χ3n) is 6.91. The monoisotopic (exact) mass is 691 g/mol. The van der Waals surface area contributed by atoms with Gasteiger partial charge in [0.2, 0.25) is 5.91 Å². The Morgan fingerprint density at radius 2 is 1.69 bits per heavy atom. The molecule has 0 unspecified atom stereocenters. The van der Waals surface area contributed by atoms with Gasteiger partial charge in [-0.1, -0.05) is 36.4 Å². The van der Waals surface area contributed by atoms with E-state index in [9.17, 15) is 44.7 Å². The second-order valence-corrected chi connectivity index (χ2v) is 10.4. The lowest BCUT2D eigenvalue weighted by Gasteiger charge is -2.24. The summed E-state index contributed by atoms with van der Waals surface area (Å²) in [7, 11) is 0.992. The fraction of sp³-hybridized carbons (Fsp3) is 0.375. The number of para-hydroxylation sites is 1. The van der Waals surface area contributed by atoms with E-state index in [4.69, 9.17) is 4.74 Å². The number of carbonyl (C=O) groups is 2. The molecule has 48 heavy (non-hydrogen) atoms. The zero-order chi connectivity index (χ0) is 35.3. The average Bonchev–Trinajstić information content (AvgIpc) is 3.03. The van der Waals surface area contributed by atoms with E-state index in [0.29, 0.717) is 37.1 Å². The van der Waals surface area contributed by atoms with Crippen LogP contribution in [0.3, 0.4) is 0 Å². The Labute approximate surface area is 270 Å². The minimum Gasteiger partial charge on any atom is -0.453 e. The smallest absolute Gasteiger partial charge is 0.453 e. The standard InChI is InChI=1S/C28H27F5N2O3.C4H6F3NO2/c29-19-10-8-18(9-11-19)23(21-4-1-2-7-26(21)38-28(31,32)33)16-27(36)35-25-6-3-5-24(30)22(25)13-12-20-17-34-14-15-37-20;1-10-3(9)8-2-4(5,6)7/h1-11,20,23,34H,12-17H2,(H,35,36);2H2,1H3,(H,8,9)/t20-,23+;/m1./s1. The topological polar surface area (TPSA) is 97.9 Å². The fourth-order valence-electron chi connectivity index (χ4n) is 4.76. The summed E-state index contributed by atoms with van der Waals surface area (Å²) in [4.78, 5) is 23.2. The van der Waals surface area contributed by atoms with Crippen molar-refractivity contribution < 1.29 is 58.9 Å². The van der Waals surface area contributed by atoms with E-state index in [1.807, 2.05) is 0 Å². The summed E-state index contributed by atoms with van der Waals surface area (Å²) >= 11 is 0. The van der Waals surface area contributed by atoms with Crippen LogP contribution in [0.1, 0.15) is 35.4 Å². The van der Waals surface area contributed by atoms with E-state index >= 15 is 0 Å². The molecular formula is C32H33F8N3O5. The van der Waals surface area contributed by atoms with Gasteiger partial charge in [0.25, 0.3) is 0 Å². The molecule has 3 aromatic rings. The van der Waals surface area contributed by atoms with Crippen molar-refractivity contribution >= 4 is 17.7 Å². The van der Waals surface area contributed by atoms with E-state index in [0.717, 1.165) is 19.7 Å². The molecule has 262 valence electrons. The molecule has 0 spiro atoms. The minimum absolute atomic E-state index is 0.0834. The Morgan fingerprint density at radius 1 is 0.979 bits per heavy atom. The van der Waals surface area contributed by atoms with Gasteiger partial charge in [-0.3, -0.25) is 4.79 Å². The summed E-state index contributed by atoms with van der Waals surface area (Å²) in [5.74, 6) is -2.92. The summed E-state index contributed by atoms with van der Waals surface area (Å²) in [6, 6.07) is 15.0. The van der Waals surface area contributed by atoms with Crippen LogP contribution in [0.2, 0.25) is 0 Å². The van der Waals surface area contributed by atoms with Crippen LogP contribution in [0.5, 0.6) is 5.75 Å². The van der Waals surface area contributed by atoms with Crippen molar-refractivity contribution in [1.82, 2.24) is 10.6 Å². The Bertz CT molecular complexity index is 1480. The number of carbonyl (C=O) groups excluding carboxylic acids is 2. The van der Waals surface area contributed by atoms with Crippen LogP contribution < -0.4 is 20.7 Å². The number of morpholine rings is 1.